The highest BCUT2D eigenvalue weighted by molar-refractivity contribution is 5.92. The van der Waals surface area contributed by atoms with E-state index < -0.39 is 5.82 Å². The van der Waals surface area contributed by atoms with Gasteiger partial charge in [-0.3, -0.25) is 4.79 Å². The van der Waals surface area contributed by atoms with Gasteiger partial charge in [0.25, 0.3) is 0 Å². The van der Waals surface area contributed by atoms with E-state index in [1.165, 1.54) is 6.07 Å². The number of anilines is 1. The fraction of sp³-hybridized carbons (Fsp3) is 0.111. The topological polar surface area (TPSA) is 64.4 Å². The molecule has 0 bridgehead atoms. The Balaban J connectivity index is 1.66. The molecule has 0 aliphatic rings. The SMILES string of the molecule is COc1ccc(NC(=O)Cc2cc(-c3ccccc3F)on2)cc1. The van der Waals surface area contributed by atoms with Crippen LogP contribution in [-0.2, 0) is 11.2 Å². The Kier molecular flexibility index (Phi) is 4.56. The van der Waals surface area contributed by atoms with E-state index in [0.717, 1.165) is 0 Å². The number of halogens is 1. The zero-order chi connectivity index (χ0) is 16.9. The Bertz CT molecular complexity index is 843. The molecule has 3 aromatic rings. The summed E-state index contributed by atoms with van der Waals surface area (Å²) < 4.78 is 23.9. The number of ether oxygens (including phenoxy) is 1. The summed E-state index contributed by atoms with van der Waals surface area (Å²) in [4.78, 5) is 12.1. The Morgan fingerprint density at radius 3 is 2.67 bits per heavy atom. The maximum Gasteiger partial charge on any atom is 0.230 e. The summed E-state index contributed by atoms with van der Waals surface area (Å²) in [6, 6.07) is 14.8. The van der Waals surface area contributed by atoms with E-state index in [2.05, 4.69) is 10.5 Å². The van der Waals surface area contributed by atoms with Gasteiger partial charge in [-0.05, 0) is 36.4 Å². The quantitative estimate of drug-likeness (QED) is 0.777. The Morgan fingerprint density at radius 2 is 1.96 bits per heavy atom. The van der Waals surface area contributed by atoms with E-state index in [4.69, 9.17) is 9.26 Å². The first-order valence-electron chi connectivity index (χ1n) is 7.30. The molecule has 0 radical (unpaired) electrons. The highest BCUT2D eigenvalue weighted by Gasteiger charge is 2.13. The van der Waals surface area contributed by atoms with Crippen LogP contribution in [-0.4, -0.2) is 18.2 Å². The monoisotopic (exact) mass is 326 g/mol. The lowest BCUT2D eigenvalue weighted by molar-refractivity contribution is -0.115. The number of benzene rings is 2. The Morgan fingerprint density at radius 1 is 1.21 bits per heavy atom. The van der Waals surface area contributed by atoms with Crippen molar-refractivity contribution in [3.05, 3.63) is 66.1 Å². The van der Waals surface area contributed by atoms with Gasteiger partial charge in [-0.2, -0.15) is 0 Å². The van der Waals surface area contributed by atoms with Crippen LogP contribution < -0.4 is 10.1 Å². The Labute approximate surface area is 138 Å². The van der Waals surface area contributed by atoms with Crippen LogP contribution in [0.2, 0.25) is 0 Å². The summed E-state index contributed by atoms with van der Waals surface area (Å²) in [5.41, 5.74) is 1.39. The van der Waals surface area contributed by atoms with Crippen molar-refractivity contribution in [3.8, 4) is 17.1 Å². The van der Waals surface area contributed by atoms with E-state index in [0.29, 0.717) is 28.5 Å². The van der Waals surface area contributed by atoms with Crippen molar-refractivity contribution >= 4 is 11.6 Å². The summed E-state index contributed by atoms with van der Waals surface area (Å²) in [5, 5.41) is 6.57. The average Bonchev–Trinajstić information content (AvgIpc) is 3.04. The van der Waals surface area contributed by atoms with Gasteiger partial charge in [0.1, 0.15) is 11.6 Å². The standard InChI is InChI=1S/C18H15FN2O3/c1-23-14-8-6-12(7-9-14)20-18(22)11-13-10-17(24-21-13)15-4-2-3-5-16(15)19/h2-10H,11H2,1H3,(H,20,22). The van der Waals surface area contributed by atoms with Crippen LogP contribution in [0.5, 0.6) is 5.75 Å². The smallest absolute Gasteiger partial charge is 0.230 e. The third-order valence-corrected chi connectivity index (χ3v) is 3.41. The molecule has 6 heteroatoms. The lowest BCUT2D eigenvalue weighted by atomic mass is 10.1. The number of amides is 1. The predicted molar refractivity (Wildman–Crippen MR) is 87.2 cm³/mol. The van der Waals surface area contributed by atoms with Gasteiger partial charge in [-0.25, -0.2) is 4.39 Å². The fourth-order valence-corrected chi connectivity index (χ4v) is 2.23. The molecule has 1 N–H and O–H groups in total. The lowest BCUT2D eigenvalue weighted by Crippen LogP contribution is -2.14. The molecule has 0 spiro atoms. The number of carbonyl (C=O) groups is 1. The molecular weight excluding hydrogens is 311 g/mol. The number of hydrogen-bond acceptors (Lipinski definition) is 4. The first kappa shape index (κ1) is 15.7. The summed E-state index contributed by atoms with van der Waals surface area (Å²) in [6.07, 6.45) is 0.0317. The van der Waals surface area contributed by atoms with Crippen molar-refractivity contribution in [1.82, 2.24) is 5.16 Å². The van der Waals surface area contributed by atoms with Crippen molar-refractivity contribution in [2.75, 3.05) is 12.4 Å². The number of methoxy groups -OCH3 is 1. The minimum absolute atomic E-state index is 0.0317. The minimum Gasteiger partial charge on any atom is -0.497 e. The molecule has 2 aromatic carbocycles. The van der Waals surface area contributed by atoms with E-state index in [-0.39, 0.29) is 12.3 Å². The zero-order valence-electron chi connectivity index (χ0n) is 13.0. The molecule has 0 aliphatic heterocycles. The van der Waals surface area contributed by atoms with Crippen molar-refractivity contribution in [3.63, 3.8) is 0 Å². The normalized spacial score (nSPS) is 10.4. The first-order valence-corrected chi connectivity index (χ1v) is 7.30. The molecule has 0 unspecified atom stereocenters. The number of rotatable bonds is 5. The molecular formula is C18H15FN2O3. The van der Waals surface area contributed by atoms with Gasteiger partial charge in [0.05, 0.1) is 24.8 Å². The van der Waals surface area contributed by atoms with Crippen LogP contribution in [0.3, 0.4) is 0 Å². The van der Waals surface area contributed by atoms with Crippen molar-refractivity contribution in [1.29, 1.82) is 0 Å². The van der Waals surface area contributed by atoms with Crippen LogP contribution in [0.15, 0.2) is 59.1 Å². The van der Waals surface area contributed by atoms with Crippen LogP contribution in [0.25, 0.3) is 11.3 Å². The molecule has 0 saturated carbocycles. The molecule has 1 amide bonds. The molecule has 0 saturated heterocycles. The molecule has 24 heavy (non-hydrogen) atoms. The van der Waals surface area contributed by atoms with Crippen molar-refractivity contribution < 1.29 is 18.4 Å². The molecule has 1 aromatic heterocycles. The number of nitrogens with one attached hydrogen (secondary N) is 1. The zero-order valence-corrected chi connectivity index (χ0v) is 13.0. The average molecular weight is 326 g/mol. The number of nitrogens with zero attached hydrogens (tertiary/aromatic N) is 1. The third-order valence-electron chi connectivity index (χ3n) is 3.41. The van der Waals surface area contributed by atoms with Crippen LogP contribution in [0, 0.1) is 5.82 Å². The van der Waals surface area contributed by atoms with E-state index in [1.807, 2.05) is 0 Å². The minimum atomic E-state index is -0.400. The van der Waals surface area contributed by atoms with Crippen LogP contribution in [0.1, 0.15) is 5.69 Å². The first-order chi connectivity index (χ1) is 11.7. The molecule has 3 rings (SSSR count). The van der Waals surface area contributed by atoms with Crippen LogP contribution in [0.4, 0.5) is 10.1 Å². The van der Waals surface area contributed by atoms with Crippen molar-refractivity contribution in [2.45, 2.75) is 6.42 Å². The second kappa shape index (κ2) is 6.95. The van der Waals surface area contributed by atoms with Gasteiger partial charge in [0.2, 0.25) is 5.91 Å². The summed E-state index contributed by atoms with van der Waals surface area (Å²) in [7, 11) is 1.57. The highest BCUT2D eigenvalue weighted by Crippen LogP contribution is 2.23. The maximum absolute atomic E-state index is 13.7. The molecule has 5 nitrogen and oxygen atoms in total. The van der Waals surface area contributed by atoms with E-state index in [9.17, 15) is 9.18 Å². The lowest BCUT2D eigenvalue weighted by Gasteiger charge is -2.05. The Hall–Kier alpha value is -3.15. The van der Waals surface area contributed by atoms with Crippen molar-refractivity contribution in [2.24, 2.45) is 0 Å². The van der Waals surface area contributed by atoms with Gasteiger partial charge in [0.15, 0.2) is 5.76 Å². The number of carbonyl (C=O) groups excluding carboxylic acids is 1. The van der Waals surface area contributed by atoms with Crippen LogP contribution >= 0.6 is 0 Å². The summed E-state index contributed by atoms with van der Waals surface area (Å²) >= 11 is 0. The largest absolute Gasteiger partial charge is 0.497 e. The number of aromatic nitrogens is 1. The highest BCUT2D eigenvalue weighted by atomic mass is 19.1. The molecule has 0 fully saturated rings. The summed E-state index contributed by atoms with van der Waals surface area (Å²) in [5.74, 6) is 0.357. The molecule has 1 heterocycles. The fourth-order valence-electron chi connectivity index (χ4n) is 2.23. The van der Waals surface area contributed by atoms with E-state index in [1.54, 1.807) is 55.6 Å². The van der Waals surface area contributed by atoms with Gasteiger partial charge >= 0.3 is 0 Å². The van der Waals surface area contributed by atoms with E-state index >= 15 is 0 Å². The van der Waals surface area contributed by atoms with Gasteiger partial charge in [0, 0.05) is 11.8 Å². The third kappa shape index (κ3) is 3.60. The molecule has 0 aliphatic carbocycles. The van der Waals surface area contributed by atoms with Gasteiger partial charge in [-0.1, -0.05) is 17.3 Å². The summed E-state index contributed by atoms with van der Waals surface area (Å²) in [6.45, 7) is 0. The molecule has 122 valence electrons. The second-order valence-electron chi connectivity index (χ2n) is 5.12. The second-order valence-corrected chi connectivity index (χ2v) is 5.12. The predicted octanol–water partition coefficient (Wildman–Crippen LogP) is 3.67. The molecule has 0 atom stereocenters. The van der Waals surface area contributed by atoms with Gasteiger partial charge in [-0.15, -0.1) is 0 Å². The maximum atomic E-state index is 13.7. The van der Waals surface area contributed by atoms with Gasteiger partial charge < -0.3 is 14.6 Å². The number of hydrogen-bond donors (Lipinski definition) is 1.